The quantitative estimate of drug-likeness (QED) is 0.795. The largest absolute Gasteiger partial charge is 0.464 e. The van der Waals surface area contributed by atoms with Crippen LogP contribution in [0.4, 0.5) is 5.82 Å². The van der Waals surface area contributed by atoms with Crippen LogP contribution in [-0.2, 0) is 4.74 Å². The zero-order chi connectivity index (χ0) is 12.1. The van der Waals surface area contributed by atoms with Crippen molar-refractivity contribution in [2.45, 2.75) is 18.9 Å². The van der Waals surface area contributed by atoms with E-state index in [0.29, 0.717) is 11.9 Å². The Labute approximate surface area is 112 Å². The molecule has 100 valence electrons. The highest BCUT2D eigenvalue weighted by atomic mass is 35.5. The van der Waals surface area contributed by atoms with Gasteiger partial charge in [-0.15, -0.1) is 12.4 Å². The van der Waals surface area contributed by atoms with Gasteiger partial charge in [0.25, 0.3) is 0 Å². The van der Waals surface area contributed by atoms with Gasteiger partial charge < -0.3 is 15.4 Å². The van der Waals surface area contributed by atoms with Gasteiger partial charge in [-0.05, 0) is 25.9 Å². The first-order valence-electron chi connectivity index (χ1n) is 5.67. The minimum absolute atomic E-state index is 0. The normalized spacial score (nSPS) is 15.6. The number of methoxy groups -OCH3 is 1. The number of nitrogens with zero attached hydrogens (tertiary/aromatic N) is 2. The highest BCUT2D eigenvalue weighted by Gasteiger charge is 2.13. The number of carbonyl (C=O) groups excluding carboxylic acids is 1. The third-order valence-electron chi connectivity index (χ3n) is 2.74. The van der Waals surface area contributed by atoms with Crippen LogP contribution in [0.25, 0.3) is 0 Å². The van der Waals surface area contributed by atoms with E-state index in [-0.39, 0.29) is 18.1 Å². The van der Waals surface area contributed by atoms with Gasteiger partial charge in [-0.1, -0.05) is 0 Å². The molecule has 0 unspecified atom stereocenters. The van der Waals surface area contributed by atoms with E-state index in [2.05, 4.69) is 25.3 Å². The maximum atomic E-state index is 11.2. The molecule has 1 aliphatic rings. The van der Waals surface area contributed by atoms with Crippen molar-refractivity contribution in [1.29, 1.82) is 0 Å². The van der Waals surface area contributed by atoms with E-state index in [0.717, 1.165) is 25.9 Å². The van der Waals surface area contributed by atoms with Gasteiger partial charge in [0, 0.05) is 6.04 Å². The summed E-state index contributed by atoms with van der Waals surface area (Å²) in [6, 6.07) is 0.425. The molecule has 0 bridgehead atoms. The number of rotatable bonds is 3. The van der Waals surface area contributed by atoms with Crippen molar-refractivity contribution in [2.24, 2.45) is 0 Å². The summed E-state index contributed by atoms with van der Waals surface area (Å²) in [6.07, 6.45) is 5.13. The van der Waals surface area contributed by atoms with E-state index in [1.165, 1.54) is 13.3 Å². The summed E-state index contributed by atoms with van der Waals surface area (Å²) in [4.78, 5) is 19.3. The number of carbonyl (C=O) groups is 1. The molecule has 2 heterocycles. The van der Waals surface area contributed by atoms with Gasteiger partial charge >= 0.3 is 5.97 Å². The maximum absolute atomic E-state index is 11.2. The Balaban J connectivity index is 0.00000162. The van der Waals surface area contributed by atoms with Crippen LogP contribution in [0.5, 0.6) is 0 Å². The van der Waals surface area contributed by atoms with Gasteiger partial charge in [0.1, 0.15) is 5.82 Å². The van der Waals surface area contributed by atoms with Crippen molar-refractivity contribution >= 4 is 24.2 Å². The molecule has 1 aromatic heterocycles. The van der Waals surface area contributed by atoms with Crippen LogP contribution in [0.15, 0.2) is 12.4 Å². The lowest BCUT2D eigenvalue weighted by Crippen LogP contribution is -2.35. The molecule has 6 nitrogen and oxygen atoms in total. The minimum Gasteiger partial charge on any atom is -0.464 e. The van der Waals surface area contributed by atoms with Gasteiger partial charge in [0.15, 0.2) is 5.69 Å². The number of hydrogen-bond donors (Lipinski definition) is 2. The number of ether oxygens (including phenoxy) is 1. The topological polar surface area (TPSA) is 76.1 Å². The first kappa shape index (κ1) is 14.7. The molecule has 1 saturated heterocycles. The van der Waals surface area contributed by atoms with Crippen molar-refractivity contribution in [3.63, 3.8) is 0 Å². The highest BCUT2D eigenvalue weighted by molar-refractivity contribution is 5.86. The molecule has 18 heavy (non-hydrogen) atoms. The molecule has 0 aliphatic carbocycles. The Morgan fingerprint density at radius 3 is 2.67 bits per heavy atom. The number of halogens is 1. The Bertz CT molecular complexity index is 379. The number of nitrogens with one attached hydrogen (secondary N) is 2. The smallest absolute Gasteiger partial charge is 0.358 e. The van der Waals surface area contributed by atoms with E-state index in [4.69, 9.17) is 0 Å². The van der Waals surface area contributed by atoms with Crippen LogP contribution in [0.3, 0.4) is 0 Å². The molecule has 1 aliphatic heterocycles. The second-order valence-electron chi connectivity index (χ2n) is 3.95. The number of anilines is 1. The lowest BCUT2D eigenvalue weighted by molar-refractivity contribution is 0.0593. The monoisotopic (exact) mass is 272 g/mol. The number of hydrogen-bond acceptors (Lipinski definition) is 6. The Hall–Kier alpha value is -1.40. The van der Waals surface area contributed by atoms with Crippen molar-refractivity contribution in [3.8, 4) is 0 Å². The van der Waals surface area contributed by atoms with Crippen LogP contribution >= 0.6 is 12.4 Å². The molecule has 2 rings (SSSR count). The van der Waals surface area contributed by atoms with Crippen LogP contribution in [0.1, 0.15) is 23.3 Å². The molecule has 0 spiro atoms. The first-order chi connectivity index (χ1) is 8.29. The summed E-state index contributed by atoms with van der Waals surface area (Å²) in [5, 5.41) is 6.59. The summed E-state index contributed by atoms with van der Waals surface area (Å²) in [5.41, 5.74) is 0.225. The summed E-state index contributed by atoms with van der Waals surface area (Å²) >= 11 is 0. The molecule has 0 radical (unpaired) electrons. The van der Waals surface area contributed by atoms with Crippen LogP contribution < -0.4 is 10.6 Å². The van der Waals surface area contributed by atoms with Gasteiger partial charge in [-0.2, -0.15) is 0 Å². The summed E-state index contributed by atoms with van der Waals surface area (Å²) < 4.78 is 4.56. The van der Waals surface area contributed by atoms with E-state index in [1.807, 2.05) is 0 Å². The molecular formula is C11H17ClN4O2. The molecule has 7 heteroatoms. The SMILES string of the molecule is COC(=O)c1cnc(NC2CCNCC2)cn1.Cl. The Morgan fingerprint density at radius 2 is 2.11 bits per heavy atom. The minimum atomic E-state index is -0.467. The lowest BCUT2D eigenvalue weighted by atomic mass is 10.1. The number of aromatic nitrogens is 2. The summed E-state index contributed by atoms with van der Waals surface area (Å²) in [5.74, 6) is 0.232. The maximum Gasteiger partial charge on any atom is 0.358 e. The average molecular weight is 273 g/mol. The van der Waals surface area contributed by atoms with Crippen LogP contribution in [-0.4, -0.2) is 42.2 Å². The summed E-state index contributed by atoms with van der Waals surface area (Å²) in [6.45, 7) is 2.04. The van der Waals surface area contributed by atoms with E-state index < -0.39 is 5.97 Å². The van der Waals surface area contributed by atoms with E-state index >= 15 is 0 Å². The number of piperidine rings is 1. The fourth-order valence-corrected chi connectivity index (χ4v) is 1.79. The standard InChI is InChI=1S/C11H16N4O2.ClH/c1-17-11(16)9-6-14-10(7-13-9)15-8-2-4-12-5-3-8;/h6-8,12H,2-5H2,1H3,(H,14,15);1H. The highest BCUT2D eigenvalue weighted by Crippen LogP contribution is 2.10. The molecule has 0 atom stereocenters. The van der Waals surface area contributed by atoms with Crippen LogP contribution in [0, 0.1) is 0 Å². The lowest BCUT2D eigenvalue weighted by Gasteiger charge is -2.23. The van der Waals surface area contributed by atoms with Gasteiger partial charge in [0.2, 0.25) is 0 Å². The second kappa shape index (κ2) is 7.13. The predicted octanol–water partition coefficient (Wildman–Crippen LogP) is 0.849. The van der Waals surface area contributed by atoms with Crippen LogP contribution in [0.2, 0.25) is 0 Å². The Morgan fingerprint density at radius 1 is 1.39 bits per heavy atom. The third kappa shape index (κ3) is 3.82. The molecular weight excluding hydrogens is 256 g/mol. The molecule has 2 N–H and O–H groups in total. The van der Waals surface area contributed by atoms with Crippen molar-refractivity contribution in [2.75, 3.05) is 25.5 Å². The van der Waals surface area contributed by atoms with Gasteiger partial charge in [-0.3, -0.25) is 0 Å². The van der Waals surface area contributed by atoms with Crippen molar-refractivity contribution in [3.05, 3.63) is 18.1 Å². The predicted molar refractivity (Wildman–Crippen MR) is 70.1 cm³/mol. The molecule has 0 amide bonds. The third-order valence-corrected chi connectivity index (χ3v) is 2.74. The summed E-state index contributed by atoms with van der Waals surface area (Å²) in [7, 11) is 1.32. The van der Waals surface area contributed by atoms with Crippen molar-refractivity contribution < 1.29 is 9.53 Å². The zero-order valence-electron chi connectivity index (χ0n) is 10.2. The molecule has 0 aromatic carbocycles. The second-order valence-corrected chi connectivity index (χ2v) is 3.95. The zero-order valence-corrected chi connectivity index (χ0v) is 11.0. The molecule has 1 aromatic rings. The van der Waals surface area contributed by atoms with E-state index in [9.17, 15) is 4.79 Å². The van der Waals surface area contributed by atoms with E-state index in [1.54, 1.807) is 6.20 Å². The first-order valence-corrected chi connectivity index (χ1v) is 5.67. The average Bonchev–Trinajstić information content (AvgIpc) is 2.40. The van der Waals surface area contributed by atoms with Gasteiger partial charge in [0.05, 0.1) is 19.5 Å². The fourth-order valence-electron chi connectivity index (χ4n) is 1.79. The van der Waals surface area contributed by atoms with Gasteiger partial charge in [-0.25, -0.2) is 14.8 Å². The molecule has 1 fully saturated rings. The fraction of sp³-hybridized carbons (Fsp3) is 0.545. The Kier molecular flexibility index (Phi) is 5.80. The molecule has 0 saturated carbocycles. The van der Waals surface area contributed by atoms with Crippen molar-refractivity contribution in [1.82, 2.24) is 15.3 Å². The number of esters is 1.